The van der Waals surface area contributed by atoms with Crippen LogP contribution in [-0.2, 0) is 12.0 Å². The van der Waals surface area contributed by atoms with Gasteiger partial charge in [0.05, 0.1) is 12.2 Å². The number of amides is 1. The molecule has 0 aliphatic heterocycles. The molecule has 1 saturated carbocycles. The molecule has 0 atom stereocenters. The molecule has 1 fully saturated rings. The maximum absolute atomic E-state index is 14.3. The number of rotatable bonds is 8. The Kier molecular flexibility index (Phi) is 5.73. The number of halogens is 1. The van der Waals surface area contributed by atoms with E-state index >= 15 is 0 Å². The van der Waals surface area contributed by atoms with Crippen LogP contribution in [0.25, 0.3) is 10.7 Å². The lowest BCUT2D eigenvalue weighted by Crippen LogP contribution is -2.42. The van der Waals surface area contributed by atoms with Crippen molar-refractivity contribution < 1.29 is 9.18 Å². The SMILES string of the molecule is O=C(NCc1cnc(-c2ccc(NCC3(c4ncccc4F)CCC3)nn2)s1)c1ncn[nH]1. The van der Waals surface area contributed by atoms with E-state index < -0.39 is 0 Å². The van der Waals surface area contributed by atoms with Gasteiger partial charge in [-0.25, -0.2) is 14.4 Å². The number of pyridine rings is 1. The number of hydrogen-bond donors (Lipinski definition) is 3. The summed E-state index contributed by atoms with van der Waals surface area (Å²) in [7, 11) is 0. The second-order valence-electron chi connectivity index (χ2n) is 7.77. The van der Waals surface area contributed by atoms with Crippen LogP contribution in [0.15, 0.2) is 43.0 Å². The number of nitrogens with one attached hydrogen (secondary N) is 3. The molecule has 0 spiro atoms. The van der Waals surface area contributed by atoms with E-state index in [1.807, 2.05) is 12.1 Å². The first-order chi connectivity index (χ1) is 16.1. The van der Waals surface area contributed by atoms with Crippen molar-refractivity contribution in [1.29, 1.82) is 0 Å². The summed E-state index contributed by atoms with van der Waals surface area (Å²) in [5.41, 5.74) is 0.831. The fourth-order valence-corrected chi connectivity index (χ4v) is 4.57. The van der Waals surface area contributed by atoms with Crippen LogP contribution in [-0.4, -0.2) is 47.8 Å². The molecule has 4 aromatic heterocycles. The molecule has 10 nitrogen and oxygen atoms in total. The normalized spacial score (nSPS) is 14.5. The molecule has 4 aromatic rings. The smallest absolute Gasteiger partial charge is 0.288 e. The van der Waals surface area contributed by atoms with E-state index in [0.29, 0.717) is 35.3 Å². The Labute approximate surface area is 192 Å². The van der Waals surface area contributed by atoms with Gasteiger partial charge in [-0.2, -0.15) is 5.10 Å². The molecule has 1 aliphatic rings. The van der Waals surface area contributed by atoms with Crippen molar-refractivity contribution in [2.75, 3.05) is 11.9 Å². The summed E-state index contributed by atoms with van der Waals surface area (Å²) in [4.78, 5) is 25.3. The number of H-pyrrole nitrogens is 1. The molecule has 1 amide bonds. The molecule has 0 radical (unpaired) electrons. The molecule has 0 bridgehead atoms. The summed E-state index contributed by atoms with van der Waals surface area (Å²) < 4.78 is 14.3. The van der Waals surface area contributed by atoms with Gasteiger partial charge in [0.1, 0.15) is 28.7 Å². The Morgan fingerprint density at radius 1 is 1.18 bits per heavy atom. The predicted molar refractivity (Wildman–Crippen MR) is 119 cm³/mol. The van der Waals surface area contributed by atoms with Gasteiger partial charge in [-0.3, -0.25) is 14.9 Å². The Morgan fingerprint density at radius 3 is 2.79 bits per heavy atom. The molecule has 168 valence electrons. The lowest BCUT2D eigenvalue weighted by atomic mass is 9.66. The fourth-order valence-electron chi connectivity index (χ4n) is 3.75. The molecule has 0 saturated heterocycles. The standard InChI is InChI=1S/C21H20FN9OS/c22-14-3-1-8-23-17(14)21(6-2-7-21)11-26-16-5-4-15(29-30-16)20-25-10-13(33-20)9-24-19(32)18-27-12-28-31-18/h1,3-5,8,10,12H,2,6-7,9,11H2,(H,24,32)(H,26,30)(H,27,28,31). The summed E-state index contributed by atoms with van der Waals surface area (Å²) in [5, 5.41) is 21.4. The predicted octanol–water partition coefficient (Wildman–Crippen LogP) is 2.72. The van der Waals surface area contributed by atoms with Crippen LogP contribution in [0.3, 0.4) is 0 Å². The Balaban J connectivity index is 1.20. The molecule has 0 unspecified atom stereocenters. The Bertz CT molecular complexity index is 1240. The van der Waals surface area contributed by atoms with E-state index in [0.717, 1.165) is 24.1 Å². The average molecular weight is 466 g/mol. The van der Waals surface area contributed by atoms with Crippen molar-refractivity contribution >= 4 is 23.1 Å². The van der Waals surface area contributed by atoms with Gasteiger partial charge in [0.2, 0.25) is 5.82 Å². The van der Waals surface area contributed by atoms with Crippen LogP contribution in [0.5, 0.6) is 0 Å². The molecule has 4 heterocycles. The van der Waals surface area contributed by atoms with Crippen LogP contribution >= 0.6 is 11.3 Å². The van der Waals surface area contributed by atoms with E-state index in [1.54, 1.807) is 18.5 Å². The monoisotopic (exact) mass is 465 g/mol. The summed E-state index contributed by atoms with van der Waals surface area (Å²) in [6.45, 7) is 0.859. The van der Waals surface area contributed by atoms with Crippen molar-refractivity contribution in [3.05, 3.63) is 65.2 Å². The van der Waals surface area contributed by atoms with Crippen molar-refractivity contribution in [2.45, 2.75) is 31.2 Å². The number of thiazole rings is 1. The molecular formula is C21H20FN9OS. The average Bonchev–Trinajstić information content (AvgIpc) is 3.51. The summed E-state index contributed by atoms with van der Waals surface area (Å²) in [6.07, 6.45) is 7.42. The molecule has 3 N–H and O–H groups in total. The van der Waals surface area contributed by atoms with Crippen molar-refractivity contribution in [3.8, 4) is 10.7 Å². The third-order valence-corrected chi connectivity index (χ3v) is 6.69. The Morgan fingerprint density at radius 2 is 2.09 bits per heavy atom. The lowest BCUT2D eigenvalue weighted by Gasteiger charge is -2.41. The second-order valence-corrected chi connectivity index (χ2v) is 8.89. The zero-order valence-electron chi connectivity index (χ0n) is 17.5. The third-order valence-electron chi connectivity index (χ3n) is 5.67. The van der Waals surface area contributed by atoms with Gasteiger partial charge in [0, 0.05) is 29.2 Å². The zero-order valence-corrected chi connectivity index (χ0v) is 18.3. The minimum Gasteiger partial charge on any atom is -0.368 e. The van der Waals surface area contributed by atoms with Gasteiger partial charge in [-0.05, 0) is 37.1 Å². The molecule has 33 heavy (non-hydrogen) atoms. The first kappa shape index (κ1) is 21.1. The number of carbonyl (C=O) groups excluding carboxylic acids is 1. The van der Waals surface area contributed by atoms with Crippen LogP contribution in [0.4, 0.5) is 10.2 Å². The van der Waals surface area contributed by atoms with Crippen LogP contribution in [0.2, 0.25) is 0 Å². The van der Waals surface area contributed by atoms with E-state index in [2.05, 4.69) is 46.0 Å². The highest BCUT2D eigenvalue weighted by molar-refractivity contribution is 7.15. The summed E-state index contributed by atoms with van der Waals surface area (Å²) in [5.74, 6) is 0.158. The largest absolute Gasteiger partial charge is 0.368 e. The summed E-state index contributed by atoms with van der Waals surface area (Å²) in [6, 6.07) is 6.73. The van der Waals surface area contributed by atoms with Crippen LogP contribution < -0.4 is 10.6 Å². The minimum absolute atomic E-state index is 0.156. The van der Waals surface area contributed by atoms with Gasteiger partial charge >= 0.3 is 0 Å². The minimum atomic E-state index is -0.340. The topological polar surface area (TPSA) is 134 Å². The first-order valence-electron chi connectivity index (χ1n) is 10.4. The van der Waals surface area contributed by atoms with Gasteiger partial charge in [0.15, 0.2) is 0 Å². The second kappa shape index (κ2) is 8.98. The van der Waals surface area contributed by atoms with Gasteiger partial charge in [-0.1, -0.05) is 6.42 Å². The number of anilines is 1. The van der Waals surface area contributed by atoms with E-state index in [-0.39, 0.29) is 23.0 Å². The highest BCUT2D eigenvalue weighted by Gasteiger charge is 2.41. The highest BCUT2D eigenvalue weighted by Crippen LogP contribution is 2.43. The van der Waals surface area contributed by atoms with Gasteiger partial charge in [0.25, 0.3) is 5.91 Å². The van der Waals surface area contributed by atoms with E-state index in [1.165, 1.54) is 23.7 Å². The number of carbonyl (C=O) groups is 1. The van der Waals surface area contributed by atoms with E-state index in [9.17, 15) is 9.18 Å². The highest BCUT2D eigenvalue weighted by atomic mass is 32.1. The van der Waals surface area contributed by atoms with Gasteiger partial charge < -0.3 is 10.6 Å². The van der Waals surface area contributed by atoms with Crippen molar-refractivity contribution in [1.82, 2.24) is 40.7 Å². The Hall–Kier alpha value is -3.80. The van der Waals surface area contributed by atoms with Crippen LogP contribution in [0, 0.1) is 5.82 Å². The summed E-state index contributed by atoms with van der Waals surface area (Å²) >= 11 is 1.42. The lowest BCUT2D eigenvalue weighted by molar-refractivity contribution is 0.0941. The third kappa shape index (κ3) is 4.42. The van der Waals surface area contributed by atoms with E-state index in [4.69, 9.17) is 0 Å². The fraction of sp³-hybridized carbons (Fsp3) is 0.286. The number of hydrogen-bond acceptors (Lipinski definition) is 9. The maximum Gasteiger partial charge on any atom is 0.288 e. The quantitative estimate of drug-likeness (QED) is 0.362. The van der Waals surface area contributed by atoms with Crippen molar-refractivity contribution in [2.24, 2.45) is 0 Å². The number of nitrogens with zero attached hydrogens (tertiary/aromatic N) is 6. The first-order valence-corrected chi connectivity index (χ1v) is 11.2. The molecular weight excluding hydrogens is 445 g/mol. The van der Waals surface area contributed by atoms with Crippen molar-refractivity contribution in [3.63, 3.8) is 0 Å². The molecule has 12 heteroatoms. The maximum atomic E-state index is 14.3. The zero-order chi connectivity index (χ0) is 22.7. The molecule has 0 aromatic carbocycles. The number of aromatic nitrogens is 7. The molecule has 5 rings (SSSR count). The molecule has 1 aliphatic carbocycles. The van der Waals surface area contributed by atoms with Crippen LogP contribution in [0.1, 0.15) is 40.5 Å². The van der Waals surface area contributed by atoms with Gasteiger partial charge in [-0.15, -0.1) is 21.5 Å². The number of aromatic amines is 1.